The van der Waals surface area contributed by atoms with Crippen molar-refractivity contribution in [3.63, 3.8) is 0 Å². The Hall–Kier alpha value is -1.44. The fourth-order valence-corrected chi connectivity index (χ4v) is 2.46. The van der Waals surface area contributed by atoms with Gasteiger partial charge in [0.25, 0.3) is 5.91 Å². The summed E-state index contributed by atoms with van der Waals surface area (Å²) in [5, 5.41) is 5.13. The first-order valence-electron chi connectivity index (χ1n) is 5.32. The zero-order valence-electron chi connectivity index (χ0n) is 9.64. The van der Waals surface area contributed by atoms with Gasteiger partial charge in [-0.2, -0.15) is 0 Å². The van der Waals surface area contributed by atoms with Crippen molar-refractivity contribution in [1.29, 1.82) is 0 Å². The molecular formula is C12H10BrN3OS2. The molecule has 0 bridgehead atoms. The van der Waals surface area contributed by atoms with E-state index < -0.39 is 0 Å². The Morgan fingerprint density at radius 3 is 2.63 bits per heavy atom. The predicted molar refractivity (Wildman–Crippen MR) is 85.3 cm³/mol. The number of carbonyl (C=O) groups is 1. The summed E-state index contributed by atoms with van der Waals surface area (Å²) >= 11 is 9.86. The molecule has 1 aromatic heterocycles. The van der Waals surface area contributed by atoms with E-state index in [4.69, 9.17) is 12.2 Å². The van der Waals surface area contributed by atoms with Crippen LogP contribution in [0.4, 0.5) is 5.69 Å². The van der Waals surface area contributed by atoms with Crippen LogP contribution in [0.2, 0.25) is 0 Å². The second kappa shape index (κ2) is 6.65. The standard InChI is InChI=1S/C12H10BrN3OS2/c13-8-4-1-2-5-9(8)14-12(18)16-15-11(17)10-6-3-7-19-10/h1-7H,(H,15,17)(H2,14,16,18). The minimum atomic E-state index is -0.216. The number of benzene rings is 1. The van der Waals surface area contributed by atoms with Gasteiger partial charge in [-0.1, -0.05) is 18.2 Å². The lowest BCUT2D eigenvalue weighted by Crippen LogP contribution is -2.43. The van der Waals surface area contributed by atoms with Gasteiger partial charge in [0.05, 0.1) is 10.6 Å². The van der Waals surface area contributed by atoms with Crippen LogP contribution in [0.1, 0.15) is 9.67 Å². The largest absolute Gasteiger partial charge is 0.330 e. The molecule has 4 nitrogen and oxygen atoms in total. The van der Waals surface area contributed by atoms with Gasteiger partial charge >= 0.3 is 0 Å². The number of hydrazine groups is 1. The van der Waals surface area contributed by atoms with Crippen molar-refractivity contribution >= 4 is 56.2 Å². The smallest absolute Gasteiger partial charge is 0.279 e. The SMILES string of the molecule is O=C(NNC(=S)Nc1ccccc1Br)c1cccs1. The monoisotopic (exact) mass is 355 g/mol. The summed E-state index contributed by atoms with van der Waals surface area (Å²) in [5.41, 5.74) is 6.00. The minimum absolute atomic E-state index is 0.216. The van der Waals surface area contributed by atoms with Gasteiger partial charge < -0.3 is 5.32 Å². The summed E-state index contributed by atoms with van der Waals surface area (Å²) < 4.78 is 0.892. The molecule has 7 heteroatoms. The highest BCUT2D eigenvalue weighted by Crippen LogP contribution is 2.20. The van der Waals surface area contributed by atoms with Crippen LogP contribution in [-0.4, -0.2) is 11.0 Å². The molecule has 3 N–H and O–H groups in total. The summed E-state index contributed by atoms with van der Waals surface area (Å²) in [6.45, 7) is 0. The molecule has 1 heterocycles. The number of rotatable bonds is 2. The predicted octanol–water partition coefficient (Wildman–Crippen LogP) is 3.14. The van der Waals surface area contributed by atoms with Crippen molar-refractivity contribution in [2.75, 3.05) is 5.32 Å². The zero-order chi connectivity index (χ0) is 13.7. The van der Waals surface area contributed by atoms with Crippen LogP contribution in [0.5, 0.6) is 0 Å². The van der Waals surface area contributed by atoms with E-state index in [1.165, 1.54) is 11.3 Å². The van der Waals surface area contributed by atoms with Crippen molar-refractivity contribution in [3.8, 4) is 0 Å². The highest BCUT2D eigenvalue weighted by molar-refractivity contribution is 9.10. The Balaban J connectivity index is 1.86. The van der Waals surface area contributed by atoms with Gasteiger partial charge in [-0.15, -0.1) is 11.3 Å². The Morgan fingerprint density at radius 2 is 1.95 bits per heavy atom. The third kappa shape index (κ3) is 4.02. The van der Waals surface area contributed by atoms with Crippen LogP contribution in [-0.2, 0) is 0 Å². The topological polar surface area (TPSA) is 53.2 Å². The molecule has 0 aliphatic rings. The van der Waals surface area contributed by atoms with Crippen LogP contribution in [0.15, 0.2) is 46.3 Å². The maximum Gasteiger partial charge on any atom is 0.279 e. The number of hydrogen-bond acceptors (Lipinski definition) is 3. The summed E-state index contributed by atoms with van der Waals surface area (Å²) in [6.07, 6.45) is 0. The van der Waals surface area contributed by atoms with E-state index in [0.717, 1.165) is 10.2 Å². The number of thiocarbonyl (C=S) groups is 1. The second-order valence-corrected chi connectivity index (χ2v) is 5.70. The van der Waals surface area contributed by atoms with E-state index in [9.17, 15) is 4.79 Å². The molecule has 2 aromatic rings. The highest BCUT2D eigenvalue weighted by Gasteiger charge is 2.06. The number of anilines is 1. The van der Waals surface area contributed by atoms with Gasteiger partial charge in [-0.3, -0.25) is 15.6 Å². The molecule has 2 rings (SSSR count). The number of thiophene rings is 1. The van der Waals surface area contributed by atoms with Crippen LogP contribution in [0.25, 0.3) is 0 Å². The van der Waals surface area contributed by atoms with Crippen molar-refractivity contribution in [2.45, 2.75) is 0 Å². The quantitative estimate of drug-likeness (QED) is 0.572. The molecule has 0 unspecified atom stereocenters. The van der Waals surface area contributed by atoms with E-state index in [1.807, 2.05) is 35.7 Å². The number of hydrogen-bond donors (Lipinski definition) is 3. The minimum Gasteiger partial charge on any atom is -0.330 e. The third-order valence-corrected chi connectivity index (χ3v) is 3.92. The number of nitrogens with one attached hydrogen (secondary N) is 3. The van der Waals surface area contributed by atoms with E-state index in [2.05, 4.69) is 32.1 Å². The van der Waals surface area contributed by atoms with Gasteiger partial charge in [0.2, 0.25) is 0 Å². The normalized spacial score (nSPS) is 9.74. The van der Waals surface area contributed by atoms with Gasteiger partial charge in [0.1, 0.15) is 0 Å². The second-order valence-electron chi connectivity index (χ2n) is 3.49. The van der Waals surface area contributed by atoms with Gasteiger partial charge in [-0.25, -0.2) is 0 Å². The number of halogens is 1. The van der Waals surface area contributed by atoms with Crippen molar-refractivity contribution in [2.24, 2.45) is 0 Å². The Kier molecular flexibility index (Phi) is 4.89. The molecular weight excluding hydrogens is 346 g/mol. The van der Waals surface area contributed by atoms with E-state index >= 15 is 0 Å². The van der Waals surface area contributed by atoms with Crippen LogP contribution < -0.4 is 16.2 Å². The molecule has 0 fully saturated rings. The summed E-state index contributed by atoms with van der Waals surface area (Å²) in [7, 11) is 0. The molecule has 0 radical (unpaired) electrons. The van der Waals surface area contributed by atoms with E-state index in [0.29, 0.717) is 9.99 Å². The molecule has 98 valence electrons. The first-order chi connectivity index (χ1) is 9.16. The van der Waals surface area contributed by atoms with Crippen LogP contribution in [0.3, 0.4) is 0 Å². The van der Waals surface area contributed by atoms with Gasteiger partial charge in [0.15, 0.2) is 5.11 Å². The third-order valence-electron chi connectivity index (χ3n) is 2.16. The summed E-state index contributed by atoms with van der Waals surface area (Å²) in [6, 6.07) is 11.1. The van der Waals surface area contributed by atoms with Crippen LogP contribution >= 0.6 is 39.5 Å². The van der Waals surface area contributed by atoms with Gasteiger partial charge in [-0.05, 0) is 51.7 Å². The average molecular weight is 356 g/mol. The first-order valence-corrected chi connectivity index (χ1v) is 7.40. The number of para-hydroxylation sites is 1. The average Bonchev–Trinajstić information content (AvgIpc) is 2.93. The Bertz CT molecular complexity index is 586. The molecule has 0 spiro atoms. The highest BCUT2D eigenvalue weighted by atomic mass is 79.9. The fourth-order valence-electron chi connectivity index (χ4n) is 1.30. The lowest BCUT2D eigenvalue weighted by molar-refractivity contribution is 0.0948. The Morgan fingerprint density at radius 1 is 1.16 bits per heavy atom. The van der Waals surface area contributed by atoms with E-state index in [1.54, 1.807) is 6.07 Å². The Labute approximate surface area is 128 Å². The molecule has 1 aromatic carbocycles. The maximum absolute atomic E-state index is 11.7. The van der Waals surface area contributed by atoms with Gasteiger partial charge in [0, 0.05) is 4.47 Å². The molecule has 1 amide bonds. The maximum atomic E-state index is 11.7. The van der Waals surface area contributed by atoms with Crippen molar-refractivity contribution in [3.05, 3.63) is 51.1 Å². The van der Waals surface area contributed by atoms with Crippen LogP contribution in [0, 0.1) is 0 Å². The lowest BCUT2D eigenvalue weighted by atomic mass is 10.3. The summed E-state index contributed by atoms with van der Waals surface area (Å²) in [4.78, 5) is 12.3. The molecule has 0 aliphatic heterocycles. The number of amides is 1. The fraction of sp³-hybridized carbons (Fsp3) is 0. The molecule has 19 heavy (non-hydrogen) atoms. The molecule has 0 saturated carbocycles. The summed E-state index contributed by atoms with van der Waals surface area (Å²) in [5.74, 6) is -0.216. The number of carbonyl (C=O) groups excluding carboxylic acids is 1. The van der Waals surface area contributed by atoms with E-state index in [-0.39, 0.29) is 5.91 Å². The zero-order valence-corrected chi connectivity index (χ0v) is 12.9. The van der Waals surface area contributed by atoms with Crippen molar-refractivity contribution in [1.82, 2.24) is 10.9 Å². The molecule has 0 atom stereocenters. The first kappa shape index (κ1) is 14.0. The molecule has 0 aliphatic carbocycles. The lowest BCUT2D eigenvalue weighted by Gasteiger charge is -2.12. The molecule has 0 saturated heterocycles. The van der Waals surface area contributed by atoms with Crippen molar-refractivity contribution < 1.29 is 4.79 Å².